The van der Waals surface area contributed by atoms with E-state index in [9.17, 15) is 13.2 Å². The fraction of sp³-hybridized carbons (Fsp3) is 0.625. The van der Waals surface area contributed by atoms with Crippen LogP contribution >= 0.6 is 0 Å². The van der Waals surface area contributed by atoms with E-state index in [1.165, 1.54) is 0 Å². The Morgan fingerprint density at radius 2 is 1.86 bits per heavy atom. The van der Waals surface area contributed by atoms with Crippen LogP contribution in [-0.2, 0) is 0 Å². The van der Waals surface area contributed by atoms with E-state index in [0.717, 1.165) is 32.0 Å². The second-order valence-corrected chi connectivity index (χ2v) is 6.02. The number of halogens is 3. The molecule has 5 heteroatoms. The van der Waals surface area contributed by atoms with Crippen molar-refractivity contribution >= 4 is 0 Å². The first-order chi connectivity index (χ1) is 9.95. The third-order valence-electron chi connectivity index (χ3n) is 4.28. The van der Waals surface area contributed by atoms with Crippen LogP contribution < -0.4 is 5.32 Å². The minimum Gasteiger partial charge on any atom is -0.319 e. The Labute approximate surface area is 124 Å². The molecule has 0 aromatic heterocycles. The molecule has 0 aliphatic carbocycles. The molecule has 1 aliphatic rings. The lowest BCUT2D eigenvalue weighted by atomic mass is 9.83. The first kappa shape index (κ1) is 16.3. The average molecular weight is 300 g/mol. The Hall–Kier alpha value is -1.07. The quantitative estimate of drug-likeness (QED) is 0.856. The van der Waals surface area contributed by atoms with Crippen LogP contribution in [-0.4, -0.2) is 31.1 Å². The van der Waals surface area contributed by atoms with Crippen LogP contribution in [0.3, 0.4) is 0 Å². The molecule has 1 saturated heterocycles. The zero-order chi connectivity index (χ0) is 15.6. The highest BCUT2D eigenvalue weighted by Crippen LogP contribution is 2.38. The molecular formula is C16H23F3N2. The number of benzene rings is 1. The lowest BCUT2D eigenvalue weighted by molar-refractivity contribution is 0.0610. The maximum atomic E-state index is 14.2. The van der Waals surface area contributed by atoms with E-state index in [4.69, 9.17) is 0 Å². The third-order valence-corrected chi connectivity index (χ3v) is 4.28. The molecule has 0 spiro atoms. The Morgan fingerprint density at radius 3 is 2.48 bits per heavy atom. The van der Waals surface area contributed by atoms with E-state index in [1.807, 2.05) is 20.9 Å². The summed E-state index contributed by atoms with van der Waals surface area (Å²) in [4.78, 5) is 2.18. The van der Waals surface area contributed by atoms with Gasteiger partial charge in [0.1, 0.15) is 5.82 Å². The molecule has 0 amide bonds. The molecule has 1 aromatic rings. The topological polar surface area (TPSA) is 15.3 Å². The van der Waals surface area contributed by atoms with Crippen molar-refractivity contribution in [2.45, 2.75) is 38.8 Å². The van der Waals surface area contributed by atoms with E-state index in [2.05, 4.69) is 10.2 Å². The molecule has 2 unspecified atom stereocenters. The van der Waals surface area contributed by atoms with Crippen molar-refractivity contribution in [3.63, 3.8) is 0 Å². The van der Waals surface area contributed by atoms with Gasteiger partial charge in [-0.25, -0.2) is 13.2 Å². The monoisotopic (exact) mass is 300 g/mol. The Balaban J connectivity index is 2.44. The fourth-order valence-corrected chi connectivity index (χ4v) is 3.36. The second-order valence-electron chi connectivity index (χ2n) is 6.02. The van der Waals surface area contributed by atoms with Crippen LogP contribution in [0.15, 0.2) is 12.1 Å². The van der Waals surface area contributed by atoms with E-state index in [-0.39, 0.29) is 23.6 Å². The van der Waals surface area contributed by atoms with Crippen molar-refractivity contribution in [2.75, 3.05) is 20.1 Å². The molecule has 1 aliphatic heterocycles. The van der Waals surface area contributed by atoms with Crippen LogP contribution in [0.1, 0.15) is 38.3 Å². The summed E-state index contributed by atoms with van der Waals surface area (Å²) in [5.41, 5.74) is 0.266. The number of nitrogens with zero attached hydrogens (tertiary/aromatic N) is 1. The minimum absolute atomic E-state index is 0.186. The van der Waals surface area contributed by atoms with Gasteiger partial charge in [0.2, 0.25) is 0 Å². The number of hydrogen-bond donors (Lipinski definition) is 1. The lowest BCUT2D eigenvalue weighted by Crippen LogP contribution is -2.45. The van der Waals surface area contributed by atoms with Crippen molar-refractivity contribution in [1.82, 2.24) is 10.2 Å². The van der Waals surface area contributed by atoms with Crippen LogP contribution in [0.5, 0.6) is 0 Å². The largest absolute Gasteiger partial charge is 0.319 e. The summed E-state index contributed by atoms with van der Waals surface area (Å²) < 4.78 is 41.0. The van der Waals surface area contributed by atoms with Gasteiger partial charge in [-0.05, 0) is 58.8 Å². The van der Waals surface area contributed by atoms with Crippen molar-refractivity contribution in [1.29, 1.82) is 0 Å². The molecule has 0 radical (unpaired) electrons. The zero-order valence-corrected chi connectivity index (χ0v) is 12.8. The molecular weight excluding hydrogens is 277 g/mol. The van der Waals surface area contributed by atoms with Gasteiger partial charge in [0.25, 0.3) is 0 Å². The Morgan fingerprint density at radius 1 is 1.19 bits per heavy atom. The van der Waals surface area contributed by atoms with Gasteiger partial charge in [0.05, 0.1) is 0 Å². The van der Waals surface area contributed by atoms with Gasteiger partial charge < -0.3 is 5.32 Å². The van der Waals surface area contributed by atoms with E-state index >= 15 is 0 Å². The lowest BCUT2D eigenvalue weighted by Gasteiger charge is -2.44. The molecule has 2 rings (SSSR count). The van der Waals surface area contributed by atoms with Gasteiger partial charge in [-0.1, -0.05) is 0 Å². The molecule has 1 heterocycles. The number of hydrogen-bond acceptors (Lipinski definition) is 2. The molecule has 1 N–H and O–H groups in total. The molecule has 2 nitrogen and oxygen atoms in total. The predicted octanol–water partition coefficient (Wildman–Crippen LogP) is 3.48. The highest BCUT2D eigenvalue weighted by Gasteiger charge is 2.35. The molecule has 0 saturated carbocycles. The summed E-state index contributed by atoms with van der Waals surface area (Å²) in [5, 5.41) is 3.13. The summed E-state index contributed by atoms with van der Waals surface area (Å²) in [6.07, 6.45) is 1.99. The summed E-state index contributed by atoms with van der Waals surface area (Å²) in [6.45, 7) is 5.67. The minimum atomic E-state index is -1.13. The van der Waals surface area contributed by atoms with Crippen molar-refractivity contribution < 1.29 is 13.2 Å². The SMILES string of the molecule is CNCC1CCCN(C(C)C)C1c1cc(F)c(F)cc1F. The van der Waals surface area contributed by atoms with Crippen LogP contribution in [0, 0.1) is 23.4 Å². The predicted molar refractivity (Wildman–Crippen MR) is 77.5 cm³/mol. The standard InChI is InChI=1S/C16H23F3N2/c1-10(2)21-6-4-5-11(9-20-3)16(21)12-7-14(18)15(19)8-13(12)17/h7-8,10-11,16,20H,4-6,9H2,1-3H3. The molecule has 1 fully saturated rings. The third kappa shape index (κ3) is 3.40. The smallest absolute Gasteiger partial charge is 0.161 e. The first-order valence-corrected chi connectivity index (χ1v) is 7.50. The van der Waals surface area contributed by atoms with Crippen molar-refractivity contribution in [3.8, 4) is 0 Å². The molecule has 21 heavy (non-hydrogen) atoms. The average Bonchev–Trinajstić information content (AvgIpc) is 2.43. The maximum absolute atomic E-state index is 14.2. The van der Waals surface area contributed by atoms with Gasteiger partial charge in [-0.2, -0.15) is 0 Å². The van der Waals surface area contributed by atoms with Crippen LogP contribution in [0.4, 0.5) is 13.2 Å². The van der Waals surface area contributed by atoms with Gasteiger partial charge in [0, 0.05) is 23.7 Å². The van der Waals surface area contributed by atoms with Gasteiger partial charge >= 0.3 is 0 Å². The second kappa shape index (κ2) is 6.79. The number of likely N-dealkylation sites (tertiary alicyclic amines) is 1. The normalized spacial score (nSPS) is 23.8. The Kier molecular flexibility index (Phi) is 5.27. The van der Waals surface area contributed by atoms with E-state index in [1.54, 1.807) is 0 Å². The summed E-state index contributed by atoms with van der Waals surface area (Å²) in [7, 11) is 1.85. The molecule has 118 valence electrons. The molecule has 0 bridgehead atoms. The highest BCUT2D eigenvalue weighted by atomic mass is 19.2. The van der Waals surface area contributed by atoms with Gasteiger partial charge in [-0.3, -0.25) is 4.90 Å². The van der Waals surface area contributed by atoms with Gasteiger partial charge in [0.15, 0.2) is 11.6 Å². The van der Waals surface area contributed by atoms with Crippen molar-refractivity contribution in [2.24, 2.45) is 5.92 Å². The number of rotatable bonds is 4. The van der Waals surface area contributed by atoms with Gasteiger partial charge in [-0.15, -0.1) is 0 Å². The van der Waals surface area contributed by atoms with Crippen LogP contribution in [0.25, 0.3) is 0 Å². The van der Waals surface area contributed by atoms with Crippen LogP contribution in [0.2, 0.25) is 0 Å². The van der Waals surface area contributed by atoms with E-state index < -0.39 is 17.5 Å². The molecule has 1 aromatic carbocycles. The number of nitrogens with one attached hydrogen (secondary N) is 1. The maximum Gasteiger partial charge on any atom is 0.161 e. The highest BCUT2D eigenvalue weighted by molar-refractivity contribution is 5.25. The van der Waals surface area contributed by atoms with E-state index in [0.29, 0.717) is 6.07 Å². The summed E-state index contributed by atoms with van der Waals surface area (Å²) in [5.74, 6) is -2.59. The van der Waals surface area contributed by atoms with Crippen molar-refractivity contribution in [3.05, 3.63) is 35.1 Å². The fourth-order valence-electron chi connectivity index (χ4n) is 3.36. The Bertz CT molecular complexity index is 489. The summed E-state index contributed by atoms with van der Waals surface area (Å²) in [6, 6.07) is 1.69. The summed E-state index contributed by atoms with van der Waals surface area (Å²) >= 11 is 0. The first-order valence-electron chi connectivity index (χ1n) is 7.50. The number of piperidine rings is 1. The molecule has 2 atom stereocenters. The zero-order valence-electron chi connectivity index (χ0n) is 12.8.